The summed E-state index contributed by atoms with van der Waals surface area (Å²) in [6.45, 7) is 13.2. The molecule has 2 saturated heterocycles. The van der Waals surface area contributed by atoms with Crippen LogP contribution in [0, 0.1) is 11.8 Å². The molecule has 1 amide bonds. The molecule has 1 aromatic carbocycles. The second-order valence-electron chi connectivity index (χ2n) is 14.8. The summed E-state index contributed by atoms with van der Waals surface area (Å²) in [6, 6.07) is 7.01. The number of aryl methyl sites for hydroxylation is 1. The third-order valence-electron chi connectivity index (χ3n) is 10.8. The second kappa shape index (κ2) is 15.3. The van der Waals surface area contributed by atoms with Crippen LogP contribution in [0.3, 0.4) is 0 Å². The molecule has 2 aromatic heterocycles. The largest absolute Gasteiger partial charge is 0.455 e. The van der Waals surface area contributed by atoms with Crippen LogP contribution in [0.1, 0.15) is 74.1 Å². The molecule has 0 saturated carbocycles. The maximum absolute atomic E-state index is 16.2. The number of ether oxygens (including phenoxy) is 3. The number of methoxy groups -OCH3 is 1. The second-order valence-corrected chi connectivity index (χ2v) is 15.8. The van der Waals surface area contributed by atoms with Gasteiger partial charge in [-0.25, -0.2) is 19.0 Å². The number of alkyl halides is 1. The summed E-state index contributed by atoms with van der Waals surface area (Å²) in [4.78, 5) is 46.9. The number of benzene rings is 1. The first-order valence-electron chi connectivity index (χ1n) is 17.8. The Bertz CT molecular complexity index is 1690. The molecule has 2 aliphatic heterocycles. The zero-order chi connectivity index (χ0) is 37.3. The Balaban J connectivity index is 1.34. The highest BCUT2D eigenvalue weighted by Crippen LogP contribution is 2.41. The van der Waals surface area contributed by atoms with Crippen molar-refractivity contribution in [3.8, 4) is 10.7 Å². The maximum atomic E-state index is 16.2. The molecule has 2 radical (unpaired) electrons. The minimum Gasteiger partial charge on any atom is -0.455 e. The Kier molecular flexibility index (Phi) is 11.6. The van der Waals surface area contributed by atoms with E-state index in [1.807, 2.05) is 44.3 Å². The first-order chi connectivity index (χ1) is 24.0. The minimum absolute atomic E-state index is 0.0144. The predicted molar refractivity (Wildman–Crippen MR) is 193 cm³/mol. The highest BCUT2D eigenvalue weighted by molar-refractivity contribution is 7.21. The van der Waals surface area contributed by atoms with Crippen molar-refractivity contribution in [1.29, 1.82) is 0 Å². The van der Waals surface area contributed by atoms with Crippen molar-refractivity contribution in [3.05, 3.63) is 30.5 Å². The molecule has 2 aliphatic rings. The predicted octanol–water partition coefficient (Wildman–Crippen LogP) is 5.55. The summed E-state index contributed by atoms with van der Waals surface area (Å²) in [5.41, 5.74) is -3.71. The van der Waals surface area contributed by atoms with Crippen molar-refractivity contribution in [2.75, 3.05) is 20.2 Å². The van der Waals surface area contributed by atoms with E-state index in [4.69, 9.17) is 22.1 Å². The number of hydrogen-bond acceptors (Lipinski definition) is 11. The standard InChI is InChI=1S/C36H50BFN6O6S/c1-9-27-36(7)29(23(4)39-19-21(2)18-34(5,48-8)28(37)22(3)30(45)35(6,38)32(46)49-27)44(33(47)50-36)17-13-12-16-43-20-25(41-42-43)31-40-24-14-10-11-15-26(24)51-31/h10-11,14-15,20-23,27-29,39H,9,12-13,16-19H2,1-8H3/t21-,22+,23-,27-,28-,29-,34-,35+,36-/m1/s1. The van der Waals surface area contributed by atoms with Crippen LogP contribution < -0.4 is 5.32 Å². The molecule has 1 N–H and O–H groups in total. The number of nitrogens with zero attached hydrogens (tertiary/aromatic N) is 5. The number of rotatable bonds is 8. The van der Waals surface area contributed by atoms with Gasteiger partial charge in [0.2, 0.25) is 0 Å². The smallest absolute Gasteiger partial charge is 0.410 e. The van der Waals surface area contributed by atoms with Gasteiger partial charge in [0.25, 0.3) is 5.67 Å². The summed E-state index contributed by atoms with van der Waals surface area (Å²) >= 11 is 1.56. The number of carbonyl (C=O) groups excluding carboxylic acids is 3. The Labute approximate surface area is 304 Å². The molecular formula is C36H50BFN6O6S. The number of esters is 1. The summed E-state index contributed by atoms with van der Waals surface area (Å²) in [6.07, 6.45) is 2.27. The van der Waals surface area contributed by atoms with E-state index in [0.29, 0.717) is 44.6 Å². The quantitative estimate of drug-likeness (QED) is 0.136. The van der Waals surface area contributed by atoms with Crippen LogP contribution in [0.4, 0.5) is 9.18 Å². The van der Waals surface area contributed by atoms with Crippen molar-refractivity contribution in [2.45, 2.75) is 122 Å². The van der Waals surface area contributed by atoms with E-state index in [2.05, 4.69) is 20.6 Å². The normalized spacial score (nSPS) is 34.1. The van der Waals surface area contributed by atoms with Crippen molar-refractivity contribution < 1.29 is 33.0 Å². The van der Waals surface area contributed by atoms with Crippen LogP contribution >= 0.6 is 11.3 Å². The van der Waals surface area contributed by atoms with Gasteiger partial charge in [-0.15, -0.1) is 16.4 Å². The summed E-state index contributed by atoms with van der Waals surface area (Å²) in [7, 11) is 8.07. The zero-order valence-electron chi connectivity index (χ0n) is 30.8. The molecule has 0 unspecified atom stereocenters. The molecule has 51 heavy (non-hydrogen) atoms. The number of unbranched alkanes of at least 4 members (excludes halogenated alkanes) is 1. The number of amides is 1. The Morgan fingerprint density at radius 1 is 1.12 bits per heavy atom. The van der Waals surface area contributed by atoms with E-state index in [1.165, 1.54) is 14.0 Å². The number of Topliss-reactive ketones (excluding diaryl/α,β-unsaturated/α-hetero) is 1. The minimum atomic E-state index is -2.99. The van der Waals surface area contributed by atoms with Crippen LogP contribution in [0.25, 0.3) is 20.9 Å². The zero-order valence-corrected chi connectivity index (χ0v) is 31.7. The first-order valence-corrected chi connectivity index (χ1v) is 18.6. The van der Waals surface area contributed by atoms with Crippen LogP contribution in [-0.4, -0.2) is 106 Å². The number of cyclic esters (lactones) is 1. The molecule has 2 fully saturated rings. The molecule has 0 spiro atoms. The highest BCUT2D eigenvalue weighted by atomic mass is 32.1. The number of thiazole rings is 1. The molecule has 0 bridgehead atoms. The molecule has 3 aromatic rings. The lowest BCUT2D eigenvalue weighted by molar-refractivity contribution is -0.179. The lowest BCUT2D eigenvalue weighted by Gasteiger charge is -2.41. The molecule has 276 valence electrons. The number of aromatic nitrogens is 4. The van der Waals surface area contributed by atoms with Gasteiger partial charge in [-0.1, -0.05) is 38.1 Å². The van der Waals surface area contributed by atoms with Gasteiger partial charge in [0.05, 0.1) is 35.9 Å². The summed E-state index contributed by atoms with van der Waals surface area (Å²) < 4.78 is 36.7. The van der Waals surface area contributed by atoms with Crippen molar-refractivity contribution in [3.63, 3.8) is 0 Å². The van der Waals surface area contributed by atoms with Gasteiger partial charge in [-0.05, 0) is 83.8 Å². The first kappa shape index (κ1) is 38.8. The van der Waals surface area contributed by atoms with E-state index in [9.17, 15) is 14.4 Å². The number of para-hydroxylation sites is 1. The SMILES string of the molecule is [B][C@@H]1[C@H](C)C(=O)[C@](C)(F)C(=O)O[C@H](CC)[C@@]2(C)OC(=O)N(CCCCn3cc(-c4nc5ccccc5s4)nn3)[C@@H]2[C@@H](C)NC[C@H](C)C[C@@]1(C)OC. The Hall–Kier alpha value is -3.43. The molecule has 0 aliphatic carbocycles. The van der Waals surface area contributed by atoms with Crippen LogP contribution in [0.5, 0.6) is 0 Å². The van der Waals surface area contributed by atoms with E-state index < -0.39 is 58.6 Å². The lowest BCUT2D eigenvalue weighted by atomic mass is 9.62. The summed E-state index contributed by atoms with van der Waals surface area (Å²) in [5, 5.41) is 13.0. The highest BCUT2D eigenvalue weighted by Gasteiger charge is 2.59. The monoisotopic (exact) mass is 724 g/mol. The fourth-order valence-corrected chi connectivity index (χ4v) is 8.63. The lowest BCUT2D eigenvalue weighted by Crippen LogP contribution is -2.61. The average Bonchev–Trinajstić information content (AvgIpc) is 3.82. The van der Waals surface area contributed by atoms with Crippen LogP contribution in [0.2, 0.25) is 5.82 Å². The van der Waals surface area contributed by atoms with Gasteiger partial charge >= 0.3 is 12.1 Å². The van der Waals surface area contributed by atoms with Crippen LogP contribution in [0.15, 0.2) is 30.5 Å². The fourth-order valence-electron chi connectivity index (χ4n) is 7.71. The molecule has 5 rings (SSSR count). The Morgan fingerprint density at radius 2 is 1.82 bits per heavy atom. The van der Waals surface area contributed by atoms with E-state index >= 15 is 4.39 Å². The molecule has 15 heteroatoms. The van der Waals surface area contributed by atoms with Gasteiger partial charge < -0.3 is 19.5 Å². The molecular weight excluding hydrogens is 674 g/mol. The van der Waals surface area contributed by atoms with E-state index in [0.717, 1.165) is 22.1 Å². The molecule has 12 nitrogen and oxygen atoms in total. The fraction of sp³-hybridized carbons (Fsp3) is 0.667. The van der Waals surface area contributed by atoms with Crippen molar-refractivity contribution in [2.24, 2.45) is 11.8 Å². The number of nitrogens with one attached hydrogen (secondary N) is 1. The van der Waals surface area contributed by atoms with Gasteiger partial charge in [0.15, 0.2) is 11.4 Å². The van der Waals surface area contributed by atoms with Crippen molar-refractivity contribution >= 4 is 47.2 Å². The van der Waals surface area contributed by atoms with Gasteiger partial charge in [-0.3, -0.25) is 14.4 Å². The summed E-state index contributed by atoms with van der Waals surface area (Å²) in [5.74, 6) is -4.26. The van der Waals surface area contributed by atoms with Gasteiger partial charge in [0, 0.05) is 32.2 Å². The average molecular weight is 725 g/mol. The number of carbonyl (C=O) groups is 3. The van der Waals surface area contributed by atoms with Crippen molar-refractivity contribution in [1.82, 2.24) is 30.2 Å². The van der Waals surface area contributed by atoms with Gasteiger partial charge in [-0.2, -0.15) is 0 Å². The number of halogens is 1. The van der Waals surface area contributed by atoms with Gasteiger partial charge in [0.1, 0.15) is 16.8 Å². The molecule has 9 atom stereocenters. The molecule has 4 heterocycles. The third-order valence-corrected chi connectivity index (χ3v) is 11.9. The van der Waals surface area contributed by atoms with Crippen LogP contribution in [-0.2, 0) is 30.3 Å². The number of fused-ring (bicyclic) bond motifs is 2. The maximum Gasteiger partial charge on any atom is 0.410 e. The Morgan fingerprint density at radius 3 is 2.51 bits per heavy atom. The topological polar surface area (TPSA) is 138 Å². The van der Waals surface area contributed by atoms with E-state index in [1.54, 1.807) is 41.7 Å². The third kappa shape index (κ3) is 7.71. The number of hydrogen-bond donors (Lipinski definition) is 1. The number of ketones is 1. The van der Waals surface area contributed by atoms with E-state index in [-0.39, 0.29) is 18.4 Å².